The number of thioether (sulfide) groups is 1. The molecule has 0 aromatic heterocycles. The van der Waals surface area contributed by atoms with E-state index in [1.165, 1.54) is 4.90 Å². The number of nitrogens with one attached hydrogen (secondary N) is 1. The van der Waals surface area contributed by atoms with Crippen molar-refractivity contribution in [3.8, 4) is 0 Å². The van der Waals surface area contributed by atoms with Crippen molar-refractivity contribution >= 4 is 29.3 Å². The van der Waals surface area contributed by atoms with Crippen molar-refractivity contribution in [2.75, 3.05) is 19.8 Å². The molecule has 158 valence electrons. The first kappa shape index (κ1) is 18.9. The number of likely N-dealkylation sites (N-methyl/N-ethyl adjacent to an activating group) is 1. The SMILES string of the molecule is [2H]C([2H])([2H])N1C[C@H](CCC)C[C@H]1C(=O)N[C@@H]([C@H]1O[C@H](SC)[C@H](O)[C@@H](O)[C@H]1O)[C@@H](C)Cl. The number of likely N-dealkylation sites (tertiary alicyclic amines) is 1. The number of amides is 1. The zero-order valence-electron chi connectivity index (χ0n) is 18.9. The molecule has 1 amide bonds. The lowest BCUT2D eigenvalue weighted by Gasteiger charge is -2.44. The van der Waals surface area contributed by atoms with Crippen molar-refractivity contribution < 1.29 is 29.0 Å². The highest BCUT2D eigenvalue weighted by Crippen LogP contribution is 2.31. The van der Waals surface area contributed by atoms with E-state index in [0.717, 1.165) is 24.6 Å². The van der Waals surface area contributed by atoms with Crippen LogP contribution in [-0.4, -0.2) is 93.2 Å². The Morgan fingerprint density at radius 2 is 2.11 bits per heavy atom. The van der Waals surface area contributed by atoms with E-state index < -0.39 is 60.2 Å². The number of alkyl halides is 1. The summed E-state index contributed by atoms with van der Waals surface area (Å²) in [4.78, 5) is 14.3. The van der Waals surface area contributed by atoms with Crippen molar-refractivity contribution in [1.82, 2.24) is 10.2 Å². The van der Waals surface area contributed by atoms with Crippen LogP contribution in [0, 0.1) is 5.92 Å². The zero-order chi connectivity index (χ0) is 22.8. The number of nitrogens with zero attached hydrogens (tertiary/aromatic N) is 1. The molecule has 0 radical (unpaired) electrons. The Morgan fingerprint density at radius 1 is 1.41 bits per heavy atom. The number of aliphatic hydroxyl groups excluding tert-OH is 3. The highest BCUT2D eigenvalue weighted by molar-refractivity contribution is 7.99. The summed E-state index contributed by atoms with van der Waals surface area (Å²) in [5, 5.41) is 32.8. The molecule has 2 aliphatic rings. The largest absolute Gasteiger partial charge is 0.388 e. The molecule has 9 heteroatoms. The van der Waals surface area contributed by atoms with Crippen LogP contribution in [0.3, 0.4) is 0 Å². The second-order valence-corrected chi connectivity index (χ2v) is 9.07. The predicted octanol–water partition coefficient (Wildman–Crippen LogP) is 0.390. The normalized spacial score (nSPS) is 42.0. The maximum atomic E-state index is 13.1. The molecule has 0 aromatic carbocycles. The predicted molar refractivity (Wildman–Crippen MR) is 107 cm³/mol. The first-order valence-corrected chi connectivity index (χ1v) is 11.1. The molecule has 27 heavy (non-hydrogen) atoms. The van der Waals surface area contributed by atoms with Crippen LogP contribution >= 0.6 is 23.4 Å². The van der Waals surface area contributed by atoms with E-state index in [-0.39, 0.29) is 5.92 Å². The van der Waals surface area contributed by atoms with Gasteiger partial charge >= 0.3 is 0 Å². The third kappa shape index (κ3) is 5.29. The Bertz CT molecular complexity index is 587. The minimum Gasteiger partial charge on any atom is -0.388 e. The molecule has 0 saturated carbocycles. The van der Waals surface area contributed by atoms with Crippen LogP contribution in [0.4, 0.5) is 0 Å². The number of ether oxygens (including phenoxy) is 1. The average molecular weight is 428 g/mol. The van der Waals surface area contributed by atoms with Crippen molar-refractivity contribution in [3.05, 3.63) is 0 Å². The van der Waals surface area contributed by atoms with Gasteiger partial charge in [-0.1, -0.05) is 13.3 Å². The Labute approximate surface area is 175 Å². The van der Waals surface area contributed by atoms with Gasteiger partial charge in [0, 0.05) is 10.7 Å². The number of hydrogen-bond acceptors (Lipinski definition) is 7. The van der Waals surface area contributed by atoms with Crippen LogP contribution in [-0.2, 0) is 9.53 Å². The topological polar surface area (TPSA) is 102 Å². The second-order valence-electron chi connectivity index (χ2n) is 7.45. The van der Waals surface area contributed by atoms with E-state index in [9.17, 15) is 20.1 Å². The number of carbonyl (C=O) groups is 1. The minimum absolute atomic E-state index is 0.104. The maximum absolute atomic E-state index is 13.1. The standard InChI is InChI=1S/C18H33ClN2O5S/c1-5-6-10-7-11(21(3)8-10)17(25)20-12(9(2)19)16-14(23)13(22)15(24)18(26-16)27-4/h9-16,18,22-24H,5-8H2,1-4H3,(H,20,25)/t9-,10-,11+,12-,13+,14-,15-,16-,18-/m1/s1/i3D3. The van der Waals surface area contributed by atoms with Gasteiger partial charge in [-0.2, -0.15) is 0 Å². The number of rotatable bonds is 7. The first-order valence-electron chi connectivity index (χ1n) is 10.9. The number of carbonyl (C=O) groups excluding carboxylic acids is 1. The van der Waals surface area contributed by atoms with Gasteiger partial charge in [0.1, 0.15) is 29.9 Å². The minimum atomic E-state index is -2.41. The van der Waals surface area contributed by atoms with E-state index in [4.69, 9.17) is 20.5 Å². The van der Waals surface area contributed by atoms with Crippen LogP contribution in [0.25, 0.3) is 0 Å². The molecule has 2 rings (SSSR count). The molecule has 2 fully saturated rings. The molecular formula is C18H33ClN2O5S. The molecular weight excluding hydrogens is 392 g/mol. The van der Waals surface area contributed by atoms with Crippen LogP contribution in [0.1, 0.15) is 37.2 Å². The lowest BCUT2D eigenvalue weighted by Crippen LogP contribution is -2.65. The summed E-state index contributed by atoms with van der Waals surface area (Å²) < 4.78 is 29.1. The highest BCUT2D eigenvalue weighted by atomic mass is 35.5. The number of halogens is 1. The fourth-order valence-corrected chi connectivity index (χ4v) is 4.76. The Hall–Kier alpha value is -0.0900. The summed E-state index contributed by atoms with van der Waals surface area (Å²) in [5.74, 6) is -0.397. The molecule has 0 aliphatic carbocycles. The lowest BCUT2D eigenvalue weighted by molar-refractivity contribution is -0.205. The molecule has 4 N–H and O–H groups in total. The maximum Gasteiger partial charge on any atom is 0.237 e. The molecule has 2 aliphatic heterocycles. The van der Waals surface area contributed by atoms with Gasteiger partial charge in [-0.25, -0.2) is 0 Å². The monoisotopic (exact) mass is 427 g/mol. The second kappa shape index (κ2) is 10.1. The molecule has 2 heterocycles. The summed E-state index contributed by atoms with van der Waals surface area (Å²) in [6.07, 6.45) is -1.45. The third-order valence-corrected chi connectivity index (χ3v) is 6.51. The molecule has 9 atom stereocenters. The fourth-order valence-electron chi connectivity index (χ4n) is 3.87. The van der Waals surface area contributed by atoms with Crippen LogP contribution in [0.15, 0.2) is 0 Å². The van der Waals surface area contributed by atoms with Gasteiger partial charge in [0.25, 0.3) is 0 Å². The van der Waals surface area contributed by atoms with Gasteiger partial charge in [0.15, 0.2) is 0 Å². The molecule has 2 saturated heterocycles. The van der Waals surface area contributed by atoms with Crippen LogP contribution in [0.2, 0.25) is 0 Å². The van der Waals surface area contributed by atoms with Crippen molar-refractivity contribution in [1.29, 1.82) is 0 Å². The van der Waals surface area contributed by atoms with Crippen LogP contribution < -0.4 is 5.32 Å². The van der Waals surface area contributed by atoms with E-state index in [0.29, 0.717) is 13.0 Å². The van der Waals surface area contributed by atoms with Gasteiger partial charge in [-0.3, -0.25) is 9.69 Å². The first-order chi connectivity index (χ1) is 13.9. The van der Waals surface area contributed by atoms with Crippen LogP contribution in [0.5, 0.6) is 0 Å². The fraction of sp³-hybridized carbons (Fsp3) is 0.944. The quantitative estimate of drug-likeness (QED) is 0.436. The molecule has 0 bridgehead atoms. The number of aliphatic hydroxyl groups is 3. The molecule has 0 spiro atoms. The number of hydrogen-bond donors (Lipinski definition) is 4. The molecule has 7 nitrogen and oxygen atoms in total. The van der Waals surface area contributed by atoms with Gasteiger partial charge in [0.2, 0.25) is 5.91 Å². The van der Waals surface area contributed by atoms with Gasteiger partial charge in [0.05, 0.1) is 17.5 Å². The van der Waals surface area contributed by atoms with Crippen molar-refractivity contribution in [2.24, 2.45) is 5.92 Å². The Kier molecular flexibility index (Phi) is 7.07. The smallest absolute Gasteiger partial charge is 0.237 e. The van der Waals surface area contributed by atoms with Crippen molar-refractivity contribution in [2.45, 2.75) is 80.4 Å². The van der Waals surface area contributed by atoms with Crippen molar-refractivity contribution in [3.63, 3.8) is 0 Å². The Morgan fingerprint density at radius 3 is 2.67 bits per heavy atom. The van der Waals surface area contributed by atoms with E-state index in [1.807, 2.05) is 6.92 Å². The van der Waals surface area contributed by atoms with Gasteiger partial charge < -0.3 is 25.4 Å². The summed E-state index contributed by atoms with van der Waals surface area (Å²) in [5.41, 5.74) is -0.803. The molecule has 0 aromatic rings. The highest BCUT2D eigenvalue weighted by Gasteiger charge is 2.48. The lowest BCUT2D eigenvalue weighted by atomic mass is 9.92. The van der Waals surface area contributed by atoms with Gasteiger partial charge in [-0.05, 0) is 38.9 Å². The Balaban J connectivity index is 2.20. The van der Waals surface area contributed by atoms with E-state index in [1.54, 1.807) is 13.2 Å². The summed E-state index contributed by atoms with van der Waals surface area (Å²) in [7, 11) is 0. The zero-order valence-corrected chi connectivity index (χ0v) is 17.5. The van der Waals surface area contributed by atoms with E-state index >= 15 is 0 Å². The molecule has 0 unspecified atom stereocenters. The van der Waals surface area contributed by atoms with E-state index in [2.05, 4.69) is 5.32 Å². The average Bonchev–Trinajstić information content (AvgIpc) is 3.09. The summed E-state index contributed by atoms with van der Waals surface area (Å²) in [6.45, 7) is 1.54. The summed E-state index contributed by atoms with van der Waals surface area (Å²) >= 11 is 7.46. The van der Waals surface area contributed by atoms with Gasteiger partial charge in [-0.15, -0.1) is 23.4 Å². The third-order valence-electron chi connectivity index (χ3n) is 5.38. The summed E-state index contributed by atoms with van der Waals surface area (Å²) in [6, 6.07) is -1.74.